The first-order valence-electron chi connectivity index (χ1n) is 9.85. The first kappa shape index (κ1) is 20.0. The summed E-state index contributed by atoms with van der Waals surface area (Å²) in [4.78, 5) is 22.7. The molecule has 1 aromatic rings. The number of allylic oxidation sites excluding steroid dienone is 3. The van der Waals surface area contributed by atoms with Crippen LogP contribution in [0.2, 0.25) is 0 Å². The van der Waals surface area contributed by atoms with Gasteiger partial charge in [-0.25, -0.2) is 4.79 Å². The Labute approximate surface area is 167 Å². The molecule has 0 atom stereocenters. The van der Waals surface area contributed by atoms with E-state index < -0.39 is 5.60 Å². The average molecular weight is 383 g/mol. The van der Waals surface area contributed by atoms with Crippen LogP contribution in [0.15, 0.2) is 60.7 Å². The highest BCUT2D eigenvalue weighted by molar-refractivity contribution is 5.68. The number of pyridine rings is 1. The standard InChI is InChI=1S/C22H30N4O2/c1-22(2,3)28-21(27)26-17-15-25(16-18-26)19-7-5-4-6-13-24(14-10-19)20-8-11-23-12-9-20/h5-13H,4,14-18H2,1-3H3/b7-5?,13-6-,19-10?. The molecule has 3 rings (SSSR count). The molecule has 2 aliphatic heterocycles. The van der Waals surface area contributed by atoms with Crippen LogP contribution in [0.1, 0.15) is 27.2 Å². The van der Waals surface area contributed by atoms with E-state index in [1.54, 1.807) is 4.90 Å². The highest BCUT2D eigenvalue weighted by atomic mass is 16.6. The Balaban J connectivity index is 1.63. The van der Waals surface area contributed by atoms with Crippen molar-refractivity contribution >= 4 is 11.8 Å². The third-order valence-corrected chi connectivity index (χ3v) is 4.63. The van der Waals surface area contributed by atoms with E-state index in [2.05, 4.69) is 45.3 Å². The monoisotopic (exact) mass is 382 g/mol. The SMILES string of the molecule is CC(C)(C)OC(=O)N1CCN(C2=CCN(c3ccncc3)/C=C\CC=C2)CC1. The molecule has 0 N–H and O–H groups in total. The molecule has 0 unspecified atom stereocenters. The summed E-state index contributed by atoms with van der Waals surface area (Å²) in [5.41, 5.74) is 1.87. The van der Waals surface area contributed by atoms with Crippen LogP contribution < -0.4 is 4.90 Å². The van der Waals surface area contributed by atoms with Gasteiger partial charge in [0, 0.05) is 62.7 Å². The number of aromatic nitrogens is 1. The Hall–Kier alpha value is -2.76. The second kappa shape index (κ2) is 8.95. The van der Waals surface area contributed by atoms with Crippen molar-refractivity contribution in [3.63, 3.8) is 0 Å². The molecule has 0 spiro atoms. The molecule has 2 aliphatic rings. The van der Waals surface area contributed by atoms with Gasteiger partial charge in [0.2, 0.25) is 0 Å². The summed E-state index contributed by atoms with van der Waals surface area (Å²) in [6.45, 7) is 9.44. The molecule has 1 saturated heterocycles. The average Bonchev–Trinajstić information content (AvgIpc) is 2.80. The molecular formula is C22H30N4O2. The van der Waals surface area contributed by atoms with E-state index in [1.165, 1.54) is 5.70 Å². The van der Waals surface area contributed by atoms with Crippen molar-refractivity contribution in [2.24, 2.45) is 0 Å². The molecule has 1 aromatic heterocycles. The second-order valence-electron chi connectivity index (χ2n) is 7.96. The number of carbonyl (C=O) groups is 1. The summed E-state index contributed by atoms with van der Waals surface area (Å²) in [7, 11) is 0. The number of ether oxygens (including phenoxy) is 1. The molecule has 0 bridgehead atoms. The van der Waals surface area contributed by atoms with Crippen LogP contribution in [0.25, 0.3) is 0 Å². The largest absolute Gasteiger partial charge is 0.444 e. The van der Waals surface area contributed by atoms with Gasteiger partial charge in [0.15, 0.2) is 0 Å². The van der Waals surface area contributed by atoms with Crippen molar-refractivity contribution in [1.29, 1.82) is 0 Å². The molecular weight excluding hydrogens is 352 g/mol. The normalized spacial score (nSPS) is 19.4. The van der Waals surface area contributed by atoms with Gasteiger partial charge >= 0.3 is 6.09 Å². The molecule has 0 aromatic carbocycles. The Kier molecular flexibility index (Phi) is 6.39. The molecule has 6 nitrogen and oxygen atoms in total. The maximum Gasteiger partial charge on any atom is 0.410 e. The van der Waals surface area contributed by atoms with E-state index in [9.17, 15) is 4.79 Å². The van der Waals surface area contributed by atoms with E-state index in [0.717, 1.165) is 31.7 Å². The summed E-state index contributed by atoms with van der Waals surface area (Å²) in [6, 6.07) is 4.03. The fourth-order valence-corrected chi connectivity index (χ4v) is 3.21. The van der Waals surface area contributed by atoms with Gasteiger partial charge < -0.3 is 19.4 Å². The number of hydrogen-bond donors (Lipinski definition) is 0. The van der Waals surface area contributed by atoms with Crippen LogP contribution in [0.3, 0.4) is 0 Å². The van der Waals surface area contributed by atoms with E-state index in [-0.39, 0.29) is 6.09 Å². The summed E-state index contributed by atoms with van der Waals surface area (Å²) in [6.07, 6.45) is 15.2. The Morgan fingerprint density at radius 3 is 2.46 bits per heavy atom. The van der Waals surface area contributed by atoms with E-state index >= 15 is 0 Å². The third-order valence-electron chi connectivity index (χ3n) is 4.63. The third kappa shape index (κ3) is 5.62. The van der Waals surface area contributed by atoms with Gasteiger partial charge in [-0.2, -0.15) is 0 Å². The number of carbonyl (C=O) groups excluding carboxylic acids is 1. The molecule has 3 heterocycles. The van der Waals surface area contributed by atoms with Crippen LogP contribution in [-0.4, -0.2) is 59.2 Å². The molecule has 6 heteroatoms. The van der Waals surface area contributed by atoms with Gasteiger partial charge in [0.1, 0.15) is 5.60 Å². The van der Waals surface area contributed by atoms with Gasteiger partial charge in [-0.15, -0.1) is 0 Å². The molecule has 150 valence electrons. The maximum absolute atomic E-state index is 12.3. The lowest BCUT2D eigenvalue weighted by atomic mass is 10.2. The van der Waals surface area contributed by atoms with Gasteiger partial charge in [0.25, 0.3) is 0 Å². The number of hydrogen-bond acceptors (Lipinski definition) is 5. The van der Waals surface area contributed by atoms with Crippen molar-refractivity contribution < 1.29 is 9.53 Å². The predicted molar refractivity (Wildman–Crippen MR) is 112 cm³/mol. The van der Waals surface area contributed by atoms with Crippen LogP contribution >= 0.6 is 0 Å². The highest BCUT2D eigenvalue weighted by Crippen LogP contribution is 2.18. The number of piperazine rings is 1. The number of anilines is 1. The fourth-order valence-electron chi connectivity index (χ4n) is 3.21. The predicted octanol–water partition coefficient (Wildman–Crippen LogP) is 3.80. The summed E-state index contributed by atoms with van der Waals surface area (Å²) in [5.74, 6) is 0. The first-order valence-corrected chi connectivity index (χ1v) is 9.85. The molecule has 0 aliphatic carbocycles. The minimum atomic E-state index is -0.458. The van der Waals surface area contributed by atoms with Gasteiger partial charge in [0.05, 0.1) is 0 Å². The van der Waals surface area contributed by atoms with Crippen LogP contribution in [0.4, 0.5) is 10.5 Å². The van der Waals surface area contributed by atoms with Crippen LogP contribution in [0, 0.1) is 0 Å². The zero-order valence-electron chi connectivity index (χ0n) is 17.0. The van der Waals surface area contributed by atoms with Gasteiger partial charge in [-0.3, -0.25) is 4.98 Å². The minimum absolute atomic E-state index is 0.223. The van der Waals surface area contributed by atoms with Crippen LogP contribution in [-0.2, 0) is 4.74 Å². The minimum Gasteiger partial charge on any atom is -0.444 e. The quantitative estimate of drug-likeness (QED) is 0.779. The number of nitrogens with zero attached hydrogens (tertiary/aromatic N) is 4. The molecule has 28 heavy (non-hydrogen) atoms. The van der Waals surface area contributed by atoms with E-state index in [0.29, 0.717) is 13.1 Å². The van der Waals surface area contributed by atoms with Gasteiger partial charge in [-0.05, 0) is 51.5 Å². The first-order chi connectivity index (χ1) is 13.4. The maximum atomic E-state index is 12.3. The van der Waals surface area contributed by atoms with Crippen LogP contribution in [0.5, 0.6) is 0 Å². The second-order valence-corrected chi connectivity index (χ2v) is 7.96. The van der Waals surface area contributed by atoms with Crippen molar-refractivity contribution in [1.82, 2.24) is 14.8 Å². The summed E-state index contributed by atoms with van der Waals surface area (Å²) < 4.78 is 5.49. The zero-order valence-corrected chi connectivity index (χ0v) is 17.0. The lowest BCUT2D eigenvalue weighted by molar-refractivity contribution is 0.0171. The lowest BCUT2D eigenvalue weighted by Gasteiger charge is -2.37. The smallest absolute Gasteiger partial charge is 0.410 e. The zero-order chi connectivity index (χ0) is 20.0. The summed E-state index contributed by atoms with van der Waals surface area (Å²) in [5, 5.41) is 0. The fraction of sp³-hybridized carbons (Fsp3) is 0.455. The molecule has 0 saturated carbocycles. The number of rotatable bonds is 2. The van der Waals surface area contributed by atoms with Crippen molar-refractivity contribution in [3.05, 3.63) is 60.7 Å². The summed E-state index contributed by atoms with van der Waals surface area (Å²) >= 11 is 0. The Morgan fingerprint density at radius 1 is 1.07 bits per heavy atom. The van der Waals surface area contributed by atoms with Crippen molar-refractivity contribution in [3.8, 4) is 0 Å². The van der Waals surface area contributed by atoms with Gasteiger partial charge in [-0.1, -0.05) is 12.2 Å². The Morgan fingerprint density at radius 2 is 1.79 bits per heavy atom. The molecule has 1 amide bonds. The number of amides is 1. The van der Waals surface area contributed by atoms with E-state index in [4.69, 9.17) is 4.74 Å². The molecule has 1 fully saturated rings. The Bertz CT molecular complexity index is 742. The topological polar surface area (TPSA) is 48.9 Å². The highest BCUT2D eigenvalue weighted by Gasteiger charge is 2.26. The van der Waals surface area contributed by atoms with E-state index in [1.807, 2.05) is 45.3 Å². The van der Waals surface area contributed by atoms with Crippen molar-refractivity contribution in [2.45, 2.75) is 32.8 Å². The van der Waals surface area contributed by atoms with Crippen molar-refractivity contribution in [2.75, 3.05) is 37.6 Å². The lowest BCUT2D eigenvalue weighted by Crippen LogP contribution is -2.49. The molecule has 0 radical (unpaired) electrons.